The predicted molar refractivity (Wildman–Crippen MR) is 92.0 cm³/mol. The van der Waals surface area contributed by atoms with Crippen molar-refractivity contribution in [2.75, 3.05) is 18.0 Å². The summed E-state index contributed by atoms with van der Waals surface area (Å²) in [6.07, 6.45) is -1.84. The first-order chi connectivity index (χ1) is 11.6. The van der Waals surface area contributed by atoms with Gasteiger partial charge < -0.3 is 10.0 Å². The minimum Gasteiger partial charge on any atom is -0.480 e. The zero-order chi connectivity index (χ0) is 18.9. The highest BCUT2D eigenvalue weighted by Gasteiger charge is 2.45. The van der Waals surface area contributed by atoms with E-state index >= 15 is 0 Å². The predicted octanol–water partition coefficient (Wildman–Crippen LogP) is 1.81. The number of pyridine rings is 1. The summed E-state index contributed by atoms with van der Waals surface area (Å²) in [6, 6.07) is 1.57. The highest BCUT2D eigenvalue weighted by atomic mass is 32.2. The van der Waals surface area contributed by atoms with Crippen molar-refractivity contribution in [2.45, 2.75) is 57.3 Å². The number of hydrogen-bond acceptors (Lipinski definition) is 5. The Hall–Kier alpha value is -1.74. The molecular weight excluding hydrogens is 349 g/mol. The van der Waals surface area contributed by atoms with Gasteiger partial charge >= 0.3 is 5.97 Å². The van der Waals surface area contributed by atoms with Crippen LogP contribution in [0.1, 0.15) is 32.9 Å². The second kappa shape index (κ2) is 7.25. The number of carboxylic acids is 1. The number of aliphatic carboxylic acids is 1. The average Bonchev–Trinajstić information content (AvgIpc) is 2.90. The first kappa shape index (κ1) is 19.6. The molecule has 1 aromatic heterocycles. The molecule has 1 aliphatic rings. The van der Waals surface area contributed by atoms with Gasteiger partial charge in [-0.1, -0.05) is 0 Å². The van der Waals surface area contributed by atoms with Crippen LogP contribution in [0.3, 0.4) is 0 Å². The molecule has 0 bridgehead atoms. The third-order valence-electron chi connectivity index (χ3n) is 4.29. The van der Waals surface area contributed by atoms with Gasteiger partial charge in [-0.15, -0.1) is 0 Å². The molecule has 9 heteroatoms. The SMILES string of the molecule is CCN(c1nc(C)ccc1S(=O)(=O)N1C[C@@H](F)C[C@H]1C(=O)O)C(C)C. The van der Waals surface area contributed by atoms with E-state index in [2.05, 4.69) is 4.98 Å². The molecular formula is C16H24FN3O4S. The molecule has 1 fully saturated rings. The molecule has 2 atom stereocenters. The largest absolute Gasteiger partial charge is 0.480 e. The lowest BCUT2D eigenvalue weighted by atomic mass is 10.2. The number of carbonyl (C=O) groups is 1. The summed E-state index contributed by atoms with van der Waals surface area (Å²) >= 11 is 0. The van der Waals surface area contributed by atoms with Crippen LogP contribution in [0.15, 0.2) is 17.0 Å². The van der Waals surface area contributed by atoms with Gasteiger partial charge in [-0.25, -0.2) is 17.8 Å². The molecule has 25 heavy (non-hydrogen) atoms. The average molecular weight is 373 g/mol. The van der Waals surface area contributed by atoms with Gasteiger partial charge in [0.25, 0.3) is 0 Å². The van der Waals surface area contributed by atoms with Crippen molar-refractivity contribution in [3.8, 4) is 0 Å². The summed E-state index contributed by atoms with van der Waals surface area (Å²) in [7, 11) is -4.19. The molecule has 0 spiro atoms. The Balaban J connectivity index is 2.58. The fourth-order valence-corrected chi connectivity index (χ4v) is 4.83. The molecule has 0 saturated carbocycles. The number of carboxylic acid groups (broad SMARTS) is 1. The number of anilines is 1. The van der Waals surface area contributed by atoms with E-state index in [9.17, 15) is 22.7 Å². The van der Waals surface area contributed by atoms with Crippen molar-refractivity contribution in [3.05, 3.63) is 17.8 Å². The molecule has 1 aliphatic heterocycles. The third-order valence-corrected chi connectivity index (χ3v) is 6.19. The second-order valence-corrected chi connectivity index (χ2v) is 8.27. The quantitative estimate of drug-likeness (QED) is 0.818. The van der Waals surface area contributed by atoms with Crippen molar-refractivity contribution >= 4 is 21.8 Å². The van der Waals surface area contributed by atoms with Crippen LogP contribution in [0.2, 0.25) is 0 Å². The molecule has 2 rings (SSSR count). The van der Waals surface area contributed by atoms with Crippen LogP contribution >= 0.6 is 0 Å². The number of alkyl halides is 1. The molecule has 7 nitrogen and oxygen atoms in total. The highest BCUT2D eigenvalue weighted by Crippen LogP contribution is 2.33. The Morgan fingerprint density at radius 1 is 1.48 bits per heavy atom. The van der Waals surface area contributed by atoms with E-state index in [4.69, 9.17) is 0 Å². The molecule has 0 aromatic carbocycles. The van der Waals surface area contributed by atoms with E-state index in [1.807, 2.05) is 25.7 Å². The fourth-order valence-electron chi connectivity index (χ4n) is 3.07. The van der Waals surface area contributed by atoms with Crippen molar-refractivity contribution in [1.82, 2.24) is 9.29 Å². The third kappa shape index (κ3) is 3.77. The number of hydrogen-bond donors (Lipinski definition) is 1. The molecule has 140 valence electrons. The maximum absolute atomic E-state index is 13.8. The Morgan fingerprint density at radius 3 is 2.64 bits per heavy atom. The molecule has 2 heterocycles. The summed E-state index contributed by atoms with van der Waals surface area (Å²) in [5.41, 5.74) is 0.646. The highest BCUT2D eigenvalue weighted by molar-refractivity contribution is 7.89. The lowest BCUT2D eigenvalue weighted by molar-refractivity contribution is -0.140. The van der Waals surface area contributed by atoms with E-state index in [1.54, 1.807) is 13.0 Å². The molecule has 0 unspecified atom stereocenters. The van der Waals surface area contributed by atoms with Crippen LogP contribution in [0, 0.1) is 6.92 Å². The zero-order valence-corrected chi connectivity index (χ0v) is 15.6. The number of aryl methyl sites for hydroxylation is 1. The normalized spacial score (nSPS) is 21.7. The number of sulfonamides is 1. The molecule has 0 radical (unpaired) electrons. The summed E-state index contributed by atoms with van der Waals surface area (Å²) < 4.78 is 40.7. The van der Waals surface area contributed by atoms with Crippen molar-refractivity contribution in [1.29, 1.82) is 0 Å². The lowest BCUT2D eigenvalue weighted by Gasteiger charge is -2.30. The van der Waals surface area contributed by atoms with Crippen LogP contribution in [0.4, 0.5) is 10.2 Å². The summed E-state index contributed by atoms with van der Waals surface area (Å²) in [4.78, 5) is 17.5. The fraction of sp³-hybridized carbons (Fsp3) is 0.625. The Kier molecular flexibility index (Phi) is 5.68. The van der Waals surface area contributed by atoms with Gasteiger partial charge in [0.05, 0.1) is 0 Å². The number of rotatable bonds is 6. The Labute approximate surface area is 147 Å². The van der Waals surface area contributed by atoms with Gasteiger partial charge in [-0.2, -0.15) is 4.31 Å². The Bertz CT molecular complexity index is 754. The van der Waals surface area contributed by atoms with E-state index in [1.165, 1.54) is 6.07 Å². The molecule has 0 aliphatic carbocycles. The molecule has 1 saturated heterocycles. The zero-order valence-electron chi connectivity index (χ0n) is 14.8. The standard InChI is InChI=1S/C16H24FN3O4S/c1-5-19(10(2)3)15-14(7-6-11(4)18-15)25(23,24)20-9-12(17)8-13(20)16(21)22/h6-7,10,12-13H,5,8-9H2,1-4H3,(H,21,22)/t12-,13-/m0/s1. The number of nitrogens with zero attached hydrogens (tertiary/aromatic N) is 3. The maximum atomic E-state index is 13.8. The smallest absolute Gasteiger partial charge is 0.322 e. The monoisotopic (exact) mass is 373 g/mol. The summed E-state index contributed by atoms with van der Waals surface area (Å²) in [5.74, 6) is -1.08. The lowest BCUT2D eigenvalue weighted by Crippen LogP contribution is -2.41. The number of aromatic nitrogens is 1. The van der Waals surface area contributed by atoms with Crippen LogP contribution in [0.25, 0.3) is 0 Å². The second-order valence-electron chi connectivity index (χ2n) is 6.42. The van der Waals surface area contributed by atoms with Crippen LogP contribution < -0.4 is 4.90 Å². The van der Waals surface area contributed by atoms with Gasteiger partial charge in [-0.05, 0) is 39.8 Å². The van der Waals surface area contributed by atoms with E-state index < -0.39 is 34.8 Å². The number of halogens is 1. The van der Waals surface area contributed by atoms with E-state index in [-0.39, 0.29) is 23.2 Å². The van der Waals surface area contributed by atoms with Gasteiger partial charge in [0.15, 0.2) is 0 Å². The van der Waals surface area contributed by atoms with Gasteiger partial charge in [0.2, 0.25) is 10.0 Å². The Morgan fingerprint density at radius 2 is 2.12 bits per heavy atom. The minimum atomic E-state index is -4.19. The van der Waals surface area contributed by atoms with Crippen molar-refractivity contribution < 1.29 is 22.7 Å². The van der Waals surface area contributed by atoms with Crippen LogP contribution in [-0.2, 0) is 14.8 Å². The first-order valence-electron chi connectivity index (χ1n) is 8.22. The van der Waals surface area contributed by atoms with E-state index in [0.29, 0.717) is 12.2 Å². The topological polar surface area (TPSA) is 90.8 Å². The molecule has 1 N–H and O–H groups in total. The first-order valence-corrected chi connectivity index (χ1v) is 9.66. The van der Waals surface area contributed by atoms with Crippen LogP contribution in [-0.4, -0.2) is 60.1 Å². The van der Waals surface area contributed by atoms with Gasteiger partial charge in [0.1, 0.15) is 22.9 Å². The minimum absolute atomic E-state index is 0.00368. The van der Waals surface area contributed by atoms with Gasteiger partial charge in [0, 0.05) is 31.2 Å². The van der Waals surface area contributed by atoms with Crippen molar-refractivity contribution in [2.24, 2.45) is 0 Å². The van der Waals surface area contributed by atoms with E-state index in [0.717, 1.165) is 4.31 Å². The molecule has 1 aromatic rings. The van der Waals surface area contributed by atoms with Crippen LogP contribution in [0.5, 0.6) is 0 Å². The summed E-state index contributed by atoms with van der Waals surface area (Å²) in [6.45, 7) is 7.54. The summed E-state index contributed by atoms with van der Waals surface area (Å²) in [5, 5.41) is 9.27. The van der Waals surface area contributed by atoms with Gasteiger partial charge in [-0.3, -0.25) is 4.79 Å². The molecule has 0 amide bonds. The van der Waals surface area contributed by atoms with Crippen molar-refractivity contribution in [3.63, 3.8) is 0 Å². The maximum Gasteiger partial charge on any atom is 0.322 e.